The van der Waals surface area contributed by atoms with Gasteiger partial charge in [-0.3, -0.25) is 4.79 Å². The van der Waals surface area contributed by atoms with Gasteiger partial charge in [0.15, 0.2) is 11.6 Å². The Morgan fingerprint density at radius 2 is 1.86 bits per heavy atom. The van der Waals surface area contributed by atoms with Crippen LogP contribution >= 0.6 is 0 Å². The molecule has 1 aromatic heterocycles. The predicted molar refractivity (Wildman–Crippen MR) is 85.6 cm³/mol. The largest absolute Gasteiger partial charge is 0.355 e. The number of hydrogen-bond acceptors (Lipinski definition) is 6. The van der Waals surface area contributed by atoms with Crippen molar-refractivity contribution in [1.29, 1.82) is 0 Å². The molecule has 1 saturated heterocycles. The van der Waals surface area contributed by atoms with Crippen LogP contribution in [0.15, 0.2) is 30.5 Å². The van der Waals surface area contributed by atoms with Gasteiger partial charge in [0.1, 0.15) is 0 Å². The predicted octanol–water partition coefficient (Wildman–Crippen LogP) is 2.81. The van der Waals surface area contributed by atoms with Gasteiger partial charge >= 0.3 is 0 Å². The van der Waals surface area contributed by atoms with E-state index in [1.54, 1.807) is 25.3 Å². The molecule has 1 aliphatic rings. The van der Waals surface area contributed by atoms with Crippen LogP contribution in [0.1, 0.15) is 36.5 Å². The van der Waals surface area contributed by atoms with E-state index in [4.69, 9.17) is 0 Å². The van der Waals surface area contributed by atoms with Crippen molar-refractivity contribution in [2.24, 2.45) is 0 Å². The number of rotatable bonds is 4. The van der Waals surface area contributed by atoms with Gasteiger partial charge in [0.05, 0.1) is 6.20 Å². The highest BCUT2D eigenvalue weighted by Crippen LogP contribution is 2.19. The minimum absolute atomic E-state index is 0.0524. The fraction of sp³-hybridized carbons (Fsp3) is 0.375. The molecule has 1 N–H and O–H groups in total. The van der Waals surface area contributed by atoms with E-state index in [0.29, 0.717) is 11.5 Å². The fourth-order valence-electron chi connectivity index (χ4n) is 2.54. The molecule has 2 aromatic rings. The van der Waals surface area contributed by atoms with E-state index in [1.807, 2.05) is 12.1 Å². The molecule has 2 heterocycles. The molecule has 1 aliphatic heterocycles. The number of benzene rings is 1. The summed E-state index contributed by atoms with van der Waals surface area (Å²) < 4.78 is 0. The zero-order chi connectivity index (χ0) is 15.4. The summed E-state index contributed by atoms with van der Waals surface area (Å²) in [5, 5.41) is 11.2. The Hall–Kier alpha value is -2.50. The van der Waals surface area contributed by atoms with Gasteiger partial charge in [-0.15, -0.1) is 5.10 Å². The van der Waals surface area contributed by atoms with Gasteiger partial charge in [0.25, 0.3) is 0 Å². The molecule has 22 heavy (non-hydrogen) atoms. The van der Waals surface area contributed by atoms with Crippen molar-refractivity contribution in [2.75, 3.05) is 23.3 Å². The fourth-order valence-corrected chi connectivity index (χ4v) is 2.54. The van der Waals surface area contributed by atoms with E-state index >= 15 is 0 Å². The summed E-state index contributed by atoms with van der Waals surface area (Å²) in [5.74, 6) is 1.38. The quantitative estimate of drug-likeness (QED) is 0.875. The lowest BCUT2D eigenvalue weighted by atomic mass is 10.1. The van der Waals surface area contributed by atoms with Crippen LogP contribution in [-0.4, -0.2) is 34.1 Å². The number of hydrogen-bond donors (Lipinski definition) is 1. The van der Waals surface area contributed by atoms with Crippen molar-refractivity contribution >= 4 is 23.2 Å². The number of piperidine rings is 1. The molecule has 0 aliphatic carbocycles. The zero-order valence-electron chi connectivity index (χ0n) is 12.6. The van der Waals surface area contributed by atoms with Crippen LogP contribution in [0.5, 0.6) is 0 Å². The van der Waals surface area contributed by atoms with Crippen molar-refractivity contribution in [2.45, 2.75) is 26.2 Å². The summed E-state index contributed by atoms with van der Waals surface area (Å²) in [4.78, 5) is 18.0. The molecule has 114 valence electrons. The highest BCUT2D eigenvalue weighted by molar-refractivity contribution is 5.94. The van der Waals surface area contributed by atoms with E-state index in [1.165, 1.54) is 19.3 Å². The summed E-state index contributed by atoms with van der Waals surface area (Å²) in [7, 11) is 0. The molecule has 0 amide bonds. The lowest BCUT2D eigenvalue weighted by Gasteiger charge is -2.27. The molecule has 0 bridgehead atoms. The third kappa shape index (κ3) is 3.39. The van der Waals surface area contributed by atoms with Gasteiger partial charge in [-0.2, -0.15) is 10.1 Å². The Balaban J connectivity index is 1.73. The van der Waals surface area contributed by atoms with Crippen molar-refractivity contribution in [3.8, 4) is 0 Å². The number of anilines is 3. The van der Waals surface area contributed by atoms with Crippen molar-refractivity contribution in [3.05, 3.63) is 36.0 Å². The van der Waals surface area contributed by atoms with Crippen LogP contribution < -0.4 is 10.2 Å². The summed E-state index contributed by atoms with van der Waals surface area (Å²) in [6.07, 6.45) is 5.37. The van der Waals surface area contributed by atoms with Crippen LogP contribution in [0.25, 0.3) is 0 Å². The maximum atomic E-state index is 11.3. The van der Waals surface area contributed by atoms with Gasteiger partial charge in [-0.05, 0) is 50.5 Å². The summed E-state index contributed by atoms with van der Waals surface area (Å²) in [6.45, 7) is 3.59. The van der Waals surface area contributed by atoms with Crippen molar-refractivity contribution in [1.82, 2.24) is 15.2 Å². The summed E-state index contributed by atoms with van der Waals surface area (Å²) in [5.41, 5.74) is 1.52. The maximum Gasteiger partial charge on any atom is 0.249 e. The second-order valence-corrected chi connectivity index (χ2v) is 5.44. The number of Topliss-reactive ketones (excluding diaryl/α,β-unsaturated/α-hetero) is 1. The second kappa shape index (κ2) is 6.51. The molecule has 0 atom stereocenters. The highest BCUT2D eigenvalue weighted by atomic mass is 16.1. The van der Waals surface area contributed by atoms with Crippen LogP contribution in [0.4, 0.5) is 17.5 Å². The van der Waals surface area contributed by atoms with E-state index in [9.17, 15) is 4.79 Å². The minimum Gasteiger partial charge on any atom is -0.355 e. The Kier molecular flexibility index (Phi) is 4.27. The smallest absolute Gasteiger partial charge is 0.249 e. The Morgan fingerprint density at radius 3 is 2.55 bits per heavy atom. The van der Waals surface area contributed by atoms with Gasteiger partial charge in [-0.1, -0.05) is 0 Å². The molecule has 0 saturated carbocycles. The zero-order valence-corrected chi connectivity index (χ0v) is 12.6. The molecular formula is C16H19N5O. The minimum atomic E-state index is 0.0524. The Bertz CT molecular complexity index is 650. The first-order valence-electron chi connectivity index (χ1n) is 7.55. The molecule has 1 aromatic carbocycles. The lowest BCUT2D eigenvalue weighted by molar-refractivity contribution is 0.101. The SMILES string of the molecule is CC(=O)c1ccc(Nc2nncc(N3CCCCC3)n2)cc1. The lowest BCUT2D eigenvalue weighted by Crippen LogP contribution is -2.30. The van der Waals surface area contributed by atoms with E-state index in [-0.39, 0.29) is 5.78 Å². The van der Waals surface area contributed by atoms with Crippen molar-refractivity contribution < 1.29 is 4.79 Å². The maximum absolute atomic E-state index is 11.3. The molecular weight excluding hydrogens is 278 g/mol. The molecule has 0 spiro atoms. The third-order valence-electron chi connectivity index (χ3n) is 3.77. The average molecular weight is 297 g/mol. The number of aromatic nitrogens is 3. The van der Waals surface area contributed by atoms with Crippen LogP contribution in [0.2, 0.25) is 0 Å². The van der Waals surface area contributed by atoms with Gasteiger partial charge in [0, 0.05) is 24.3 Å². The first-order valence-corrected chi connectivity index (χ1v) is 7.55. The van der Waals surface area contributed by atoms with Crippen LogP contribution in [0, 0.1) is 0 Å². The topological polar surface area (TPSA) is 71.0 Å². The van der Waals surface area contributed by atoms with Gasteiger partial charge in [0.2, 0.25) is 5.95 Å². The molecule has 3 rings (SSSR count). The first-order chi connectivity index (χ1) is 10.7. The molecule has 0 unspecified atom stereocenters. The molecule has 0 radical (unpaired) electrons. The molecule has 1 fully saturated rings. The number of carbonyl (C=O) groups excluding carboxylic acids is 1. The Morgan fingerprint density at radius 1 is 1.14 bits per heavy atom. The average Bonchev–Trinajstić information content (AvgIpc) is 2.56. The Labute approximate surface area is 129 Å². The molecule has 6 nitrogen and oxygen atoms in total. The highest BCUT2D eigenvalue weighted by Gasteiger charge is 2.13. The van der Waals surface area contributed by atoms with E-state index in [0.717, 1.165) is 24.6 Å². The standard InChI is InChI=1S/C16H19N5O/c1-12(22)13-5-7-14(8-6-13)18-16-19-15(11-17-20-16)21-9-3-2-4-10-21/h5-8,11H,2-4,9-10H2,1H3,(H,18,19,20). The van der Waals surface area contributed by atoms with Crippen molar-refractivity contribution in [3.63, 3.8) is 0 Å². The molecule has 6 heteroatoms. The summed E-state index contributed by atoms with van der Waals surface area (Å²) in [6, 6.07) is 7.25. The van der Waals surface area contributed by atoms with Gasteiger partial charge in [-0.25, -0.2) is 0 Å². The van der Waals surface area contributed by atoms with Crippen LogP contribution in [-0.2, 0) is 0 Å². The normalized spacial score (nSPS) is 14.7. The third-order valence-corrected chi connectivity index (χ3v) is 3.77. The van der Waals surface area contributed by atoms with E-state index < -0.39 is 0 Å². The second-order valence-electron chi connectivity index (χ2n) is 5.44. The van der Waals surface area contributed by atoms with Gasteiger partial charge < -0.3 is 10.2 Å². The van der Waals surface area contributed by atoms with Crippen LogP contribution in [0.3, 0.4) is 0 Å². The summed E-state index contributed by atoms with van der Waals surface area (Å²) >= 11 is 0. The number of ketones is 1. The monoisotopic (exact) mass is 297 g/mol. The number of nitrogens with zero attached hydrogens (tertiary/aromatic N) is 4. The van der Waals surface area contributed by atoms with E-state index in [2.05, 4.69) is 25.4 Å². The number of carbonyl (C=O) groups is 1. The first kappa shape index (κ1) is 14.4. The number of nitrogens with one attached hydrogen (secondary N) is 1.